The van der Waals surface area contributed by atoms with Crippen LogP contribution in [0.1, 0.15) is 12.8 Å². The molecule has 0 aliphatic carbocycles. The molecule has 8 nitrogen and oxygen atoms in total. The van der Waals surface area contributed by atoms with Gasteiger partial charge >= 0.3 is 0 Å². The van der Waals surface area contributed by atoms with E-state index < -0.39 is 0 Å². The normalized spacial score (nSPS) is 15.9. The molecule has 174 valence electrons. The molecule has 1 fully saturated rings. The number of carbonyl (C=O) groups is 1. The smallest absolute Gasteiger partial charge is 0.213 e. The fraction of sp³-hybridized carbons (Fsp3) is 0.308. The molecule has 34 heavy (non-hydrogen) atoms. The Morgan fingerprint density at radius 3 is 2.59 bits per heavy atom. The first kappa shape index (κ1) is 22.0. The number of fused-ring (bicyclic) bond motifs is 1. The van der Waals surface area contributed by atoms with Gasteiger partial charge in [-0.3, -0.25) is 19.4 Å². The van der Waals surface area contributed by atoms with Crippen LogP contribution in [0.15, 0.2) is 55.1 Å². The standard InChI is InChI=1S/C26H29N7O/c1-31(17-34)25-15-29-24-9-6-18(11-22(24)26(25)33(3)21-5-4-10-27-14-21)19-7-8-23(28-12-19)20-13-30-32(2)16-20/h6-9,11-13,15-17,21,27H,4-5,10,14H2,1-3H3. The molecule has 1 saturated heterocycles. The molecule has 1 N–H and O–H groups in total. The molecule has 4 aromatic rings. The second kappa shape index (κ2) is 9.23. The van der Waals surface area contributed by atoms with E-state index in [0.717, 1.165) is 77.0 Å². The third-order valence-electron chi connectivity index (χ3n) is 6.63. The molecular formula is C26H29N7O. The highest BCUT2D eigenvalue weighted by Crippen LogP contribution is 2.38. The second-order valence-corrected chi connectivity index (χ2v) is 8.89. The lowest BCUT2D eigenvalue weighted by molar-refractivity contribution is -0.107. The number of carbonyl (C=O) groups excluding carboxylic acids is 1. The SMILES string of the molecule is CN(C=O)c1cnc2ccc(-c3ccc(-c4cnn(C)c4)nc3)cc2c1N(C)C1CCCNC1. The van der Waals surface area contributed by atoms with Gasteiger partial charge in [-0.15, -0.1) is 0 Å². The van der Waals surface area contributed by atoms with Gasteiger partial charge in [-0.05, 0) is 43.1 Å². The molecule has 8 heteroatoms. The van der Waals surface area contributed by atoms with Gasteiger partial charge in [0.1, 0.15) is 0 Å². The lowest BCUT2D eigenvalue weighted by Gasteiger charge is -2.36. The average molecular weight is 456 g/mol. The molecule has 3 aromatic heterocycles. The zero-order valence-corrected chi connectivity index (χ0v) is 19.8. The number of piperidine rings is 1. The Balaban J connectivity index is 1.59. The topological polar surface area (TPSA) is 79.2 Å². The van der Waals surface area contributed by atoms with Crippen LogP contribution in [0.3, 0.4) is 0 Å². The summed E-state index contributed by atoms with van der Waals surface area (Å²) in [6.45, 7) is 1.97. The van der Waals surface area contributed by atoms with Crippen molar-refractivity contribution in [1.82, 2.24) is 25.1 Å². The van der Waals surface area contributed by atoms with E-state index in [0.29, 0.717) is 6.04 Å². The number of nitrogens with zero attached hydrogens (tertiary/aromatic N) is 6. The maximum atomic E-state index is 11.7. The van der Waals surface area contributed by atoms with Gasteiger partial charge in [-0.25, -0.2) is 0 Å². The molecule has 0 radical (unpaired) electrons. The summed E-state index contributed by atoms with van der Waals surface area (Å²) < 4.78 is 1.77. The summed E-state index contributed by atoms with van der Waals surface area (Å²) in [6.07, 6.45) is 10.5. The van der Waals surface area contributed by atoms with Crippen LogP contribution in [0.4, 0.5) is 11.4 Å². The fourth-order valence-corrected chi connectivity index (χ4v) is 4.67. The number of hydrogen-bond acceptors (Lipinski definition) is 6. The van der Waals surface area contributed by atoms with Gasteiger partial charge in [0.05, 0.1) is 35.0 Å². The van der Waals surface area contributed by atoms with Crippen LogP contribution in [-0.4, -0.2) is 59.4 Å². The molecule has 1 unspecified atom stereocenters. The lowest BCUT2D eigenvalue weighted by Crippen LogP contribution is -2.44. The number of aromatic nitrogens is 4. The van der Waals surface area contributed by atoms with E-state index in [1.54, 1.807) is 22.8 Å². The molecule has 0 bridgehead atoms. The Hall–Kier alpha value is -3.78. The van der Waals surface area contributed by atoms with Gasteiger partial charge in [0.15, 0.2) is 0 Å². The van der Waals surface area contributed by atoms with Gasteiger partial charge in [-0.1, -0.05) is 12.1 Å². The Morgan fingerprint density at radius 2 is 1.91 bits per heavy atom. The predicted octanol–water partition coefficient (Wildman–Crippen LogP) is 3.48. The number of nitrogens with one attached hydrogen (secondary N) is 1. The van der Waals surface area contributed by atoms with Crippen molar-refractivity contribution in [2.45, 2.75) is 18.9 Å². The monoisotopic (exact) mass is 455 g/mol. The van der Waals surface area contributed by atoms with Gasteiger partial charge < -0.3 is 15.1 Å². The number of anilines is 2. The quantitative estimate of drug-likeness (QED) is 0.449. The third kappa shape index (κ3) is 4.12. The first-order valence-corrected chi connectivity index (χ1v) is 11.5. The van der Waals surface area contributed by atoms with Crippen molar-refractivity contribution in [3.05, 3.63) is 55.1 Å². The summed E-state index contributed by atoms with van der Waals surface area (Å²) in [5.41, 5.74) is 6.69. The third-order valence-corrected chi connectivity index (χ3v) is 6.63. The van der Waals surface area contributed by atoms with Crippen LogP contribution >= 0.6 is 0 Å². The van der Waals surface area contributed by atoms with Crippen molar-refractivity contribution in [3.63, 3.8) is 0 Å². The Bertz CT molecular complexity index is 1310. The minimum atomic E-state index is 0.349. The van der Waals surface area contributed by atoms with Crippen LogP contribution in [0.2, 0.25) is 0 Å². The van der Waals surface area contributed by atoms with Crippen molar-refractivity contribution in [2.75, 3.05) is 37.0 Å². The Morgan fingerprint density at radius 1 is 1.06 bits per heavy atom. The highest BCUT2D eigenvalue weighted by atomic mass is 16.1. The number of rotatable bonds is 6. The minimum Gasteiger partial charge on any atom is -0.368 e. The van der Waals surface area contributed by atoms with E-state index >= 15 is 0 Å². The Kier molecular flexibility index (Phi) is 5.98. The van der Waals surface area contributed by atoms with Crippen molar-refractivity contribution < 1.29 is 4.79 Å². The molecule has 1 aromatic carbocycles. The van der Waals surface area contributed by atoms with E-state index in [1.807, 2.05) is 37.8 Å². The molecule has 1 atom stereocenters. The highest BCUT2D eigenvalue weighted by Gasteiger charge is 2.24. The number of pyridine rings is 2. The zero-order chi connectivity index (χ0) is 23.7. The molecule has 5 rings (SSSR count). The van der Waals surface area contributed by atoms with Crippen LogP contribution in [0.5, 0.6) is 0 Å². The van der Waals surface area contributed by atoms with Crippen molar-refractivity contribution in [1.29, 1.82) is 0 Å². The summed E-state index contributed by atoms with van der Waals surface area (Å²) in [5.74, 6) is 0. The Labute approximate surface area is 199 Å². The van der Waals surface area contributed by atoms with Gasteiger partial charge in [-0.2, -0.15) is 5.10 Å². The van der Waals surface area contributed by atoms with E-state index in [1.165, 1.54) is 0 Å². The van der Waals surface area contributed by atoms with Crippen molar-refractivity contribution >= 4 is 28.7 Å². The first-order chi connectivity index (χ1) is 16.5. The van der Waals surface area contributed by atoms with Crippen molar-refractivity contribution in [3.8, 4) is 22.4 Å². The molecule has 1 aliphatic rings. The number of aryl methyl sites for hydroxylation is 1. The summed E-state index contributed by atoms with van der Waals surface area (Å²) in [7, 11) is 5.79. The number of amides is 1. The number of hydrogen-bond donors (Lipinski definition) is 1. The molecule has 4 heterocycles. The first-order valence-electron chi connectivity index (χ1n) is 11.5. The van der Waals surface area contributed by atoms with Crippen LogP contribution < -0.4 is 15.1 Å². The molecule has 0 saturated carbocycles. The maximum Gasteiger partial charge on any atom is 0.213 e. The summed E-state index contributed by atoms with van der Waals surface area (Å²) in [5, 5.41) is 8.75. The maximum absolute atomic E-state index is 11.7. The van der Waals surface area contributed by atoms with E-state index in [-0.39, 0.29) is 0 Å². The van der Waals surface area contributed by atoms with Gasteiger partial charge in [0.25, 0.3) is 0 Å². The van der Waals surface area contributed by atoms with E-state index in [9.17, 15) is 4.79 Å². The molecule has 1 aliphatic heterocycles. The average Bonchev–Trinajstić information content (AvgIpc) is 3.33. The fourth-order valence-electron chi connectivity index (χ4n) is 4.67. The molecule has 0 spiro atoms. The summed E-state index contributed by atoms with van der Waals surface area (Å²) in [6, 6.07) is 10.7. The lowest BCUT2D eigenvalue weighted by atomic mass is 10.0. The summed E-state index contributed by atoms with van der Waals surface area (Å²) >= 11 is 0. The van der Waals surface area contributed by atoms with Crippen LogP contribution in [0.25, 0.3) is 33.3 Å². The van der Waals surface area contributed by atoms with Gasteiger partial charge in [0.2, 0.25) is 6.41 Å². The highest BCUT2D eigenvalue weighted by molar-refractivity contribution is 6.02. The molecule has 1 amide bonds. The molecular weight excluding hydrogens is 426 g/mol. The van der Waals surface area contributed by atoms with E-state index in [4.69, 9.17) is 0 Å². The van der Waals surface area contributed by atoms with Gasteiger partial charge in [0, 0.05) is 62.6 Å². The minimum absolute atomic E-state index is 0.349. The number of benzene rings is 1. The second-order valence-electron chi connectivity index (χ2n) is 8.89. The largest absolute Gasteiger partial charge is 0.368 e. The number of likely N-dealkylation sites (N-methyl/N-ethyl adjacent to an activating group) is 1. The van der Waals surface area contributed by atoms with E-state index in [2.05, 4.69) is 50.5 Å². The van der Waals surface area contributed by atoms with Crippen LogP contribution in [-0.2, 0) is 11.8 Å². The summed E-state index contributed by atoms with van der Waals surface area (Å²) in [4.78, 5) is 24.9. The van der Waals surface area contributed by atoms with Crippen LogP contribution in [0, 0.1) is 0 Å². The predicted molar refractivity (Wildman–Crippen MR) is 136 cm³/mol. The van der Waals surface area contributed by atoms with Crippen molar-refractivity contribution in [2.24, 2.45) is 7.05 Å². The zero-order valence-electron chi connectivity index (χ0n) is 19.8.